The van der Waals surface area contributed by atoms with E-state index in [1.807, 2.05) is 35.0 Å². The molecule has 5 rings (SSSR count). The summed E-state index contributed by atoms with van der Waals surface area (Å²) in [5.41, 5.74) is 3.73. The van der Waals surface area contributed by atoms with Crippen molar-refractivity contribution in [2.24, 2.45) is 0 Å². The van der Waals surface area contributed by atoms with Gasteiger partial charge >= 0.3 is 0 Å². The minimum Gasteiger partial charge on any atom is -0.354 e. The summed E-state index contributed by atoms with van der Waals surface area (Å²) in [5.74, 6) is 0.851. The van der Waals surface area contributed by atoms with Crippen LogP contribution < -0.4 is 10.2 Å². The summed E-state index contributed by atoms with van der Waals surface area (Å²) in [5, 5.41) is 2.65. The van der Waals surface area contributed by atoms with E-state index in [0.29, 0.717) is 9.23 Å². The average molecular weight is 437 g/mol. The summed E-state index contributed by atoms with van der Waals surface area (Å²) in [6.45, 7) is 4.08. The number of nitrogens with one attached hydrogen (secondary N) is 1. The number of benzene rings is 1. The van der Waals surface area contributed by atoms with Crippen LogP contribution in [0.5, 0.6) is 0 Å². The molecule has 2 saturated heterocycles. The summed E-state index contributed by atoms with van der Waals surface area (Å²) >= 11 is 6.35. The predicted octanol–water partition coefficient (Wildman–Crippen LogP) is 2.66. The third-order valence-corrected chi connectivity index (χ3v) is 6.51. The third-order valence-electron chi connectivity index (χ3n) is 5.35. The maximum Gasteiger partial charge on any atom is 0.263 e. The number of thiocarbonyl (C=S) groups is 1. The molecule has 0 bridgehead atoms. The highest BCUT2D eigenvalue weighted by molar-refractivity contribution is 8.26. The molecule has 1 N–H and O–H groups in total. The molecule has 30 heavy (non-hydrogen) atoms. The number of rotatable bonds is 3. The van der Waals surface area contributed by atoms with Crippen molar-refractivity contribution in [3.8, 4) is 5.69 Å². The molecule has 2 aliphatic heterocycles. The van der Waals surface area contributed by atoms with Gasteiger partial charge in [-0.25, -0.2) is 9.97 Å². The maximum absolute atomic E-state index is 12.0. The van der Waals surface area contributed by atoms with Gasteiger partial charge in [0.2, 0.25) is 0 Å². The number of amides is 1. The van der Waals surface area contributed by atoms with Gasteiger partial charge in [0.1, 0.15) is 16.5 Å². The topological polar surface area (TPSA) is 66.3 Å². The molecular weight excluding hydrogens is 416 g/mol. The van der Waals surface area contributed by atoms with Gasteiger partial charge in [-0.3, -0.25) is 9.36 Å². The van der Waals surface area contributed by atoms with Crippen molar-refractivity contribution in [2.75, 3.05) is 38.1 Å². The number of carbonyl (C=O) groups excluding carboxylic acids is 1. The van der Waals surface area contributed by atoms with Crippen LogP contribution in [0.2, 0.25) is 0 Å². The third kappa shape index (κ3) is 3.71. The number of thioether (sulfide) groups is 1. The highest BCUT2D eigenvalue weighted by Crippen LogP contribution is 2.27. The van der Waals surface area contributed by atoms with Gasteiger partial charge in [0.15, 0.2) is 0 Å². The van der Waals surface area contributed by atoms with Crippen molar-refractivity contribution >= 4 is 57.1 Å². The molecular formula is C21H20N6OS2. The van der Waals surface area contributed by atoms with E-state index in [-0.39, 0.29) is 5.91 Å². The second-order valence-electron chi connectivity index (χ2n) is 7.38. The van der Waals surface area contributed by atoms with Crippen LogP contribution in [0.4, 0.5) is 5.82 Å². The zero-order valence-electron chi connectivity index (χ0n) is 16.4. The number of imidazole rings is 1. The Morgan fingerprint density at radius 1 is 1.13 bits per heavy atom. The van der Waals surface area contributed by atoms with Crippen LogP contribution in [0.3, 0.4) is 0 Å². The molecule has 2 aromatic heterocycles. The Balaban J connectivity index is 1.44. The number of likely N-dealkylation sites (N-methyl/N-ethyl adjacent to an activating group) is 1. The first kappa shape index (κ1) is 19.2. The van der Waals surface area contributed by atoms with E-state index in [1.165, 1.54) is 11.8 Å². The molecule has 0 unspecified atom stereocenters. The Bertz CT molecular complexity index is 1160. The lowest BCUT2D eigenvalue weighted by atomic mass is 10.2. The van der Waals surface area contributed by atoms with Crippen LogP contribution in [-0.2, 0) is 4.79 Å². The Morgan fingerprint density at radius 3 is 2.67 bits per heavy atom. The fourth-order valence-electron chi connectivity index (χ4n) is 3.64. The molecule has 1 aromatic carbocycles. The van der Waals surface area contributed by atoms with Crippen LogP contribution in [0.25, 0.3) is 22.8 Å². The molecule has 0 atom stereocenters. The van der Waals surface area contributed by atoms with Crippen LogP contribution in [0, 0.1) is 0 Å². The van der Waals surface area contributed by atoms with Crippen LogP contribution in [0.1, 0.15) is 5.56 Å². The number of piperazine rings is 1. The summed E-state index contributed by atoms with van der Waals surface area (Å²) < 4.78 is 2.51. The summed E-state index contributed by atoms with van der Waals surface area (Å²) in [6, 6.07) is 10.1. The molecule has 152 valence electrons. The highest BCUT2D eigenvalue weighted by atomic mass is 32.2. The number of fused-ring (bicyclic) bond motifs is 1. The second-order valence-corrected chi connectivity index (χ2v) is 9.10. The van der Waals surface area contributed by atoms with Crippen molar-refractivity contribution in [1.82, 2.24) is 24.8 Å². The minimum absolute atomic E-state index is 0.151. The zero-order chi connectivity index (χ0) is 20.7. The number of hydrogen-bond donors (Lipinski definition) is 1. The Morgan fingerprint density at radius 2 is 1.97 bits per heavy atom. The van der Waals surface area contributed by atoms with E-state index >= 15 is 0 Å². The lowest BCUT2D eigenvalue weighted by molar-refractivity contribution is -0.115. The van der Waals surface area contributed by atoms with Gasteiger partial charge in [0.25, 0.3) is 5.91 Å². The van der Waals surface area contributed by atoms with Crippen LogP contribution in [0.15, 0.2) is 47.8 Å². The number of nitrogens with zero attached hydrogens (tertiary/aromatic N) is 5. The van der Waals surface area contributed by atoms with Gasteiger partial charge in [0, 0.05) is 26.2 Å². The number of hydrogen-bond acceptors (Lipinski definition) is 7. The quantitative estimate of drug-likeness (QED) is 0.500. The molecule has 0 saturated carbocycles. The van der Waals surface area contributed by atoms with Crippen LogP contribution in [-0.4, -0.2) is 62.9 Å². The van der Waals surface area contributed by atoms with E-state index in [9.17, 15) is 4.79 Å². The second kappa shape index (κ2) is 7.82. The van der Waals surface area contributed by atoms with E-state index in [1.54, 1.807) is 6.33 Å². The average Bonchev–Trinajstić information content (AvgIpc) is 3.31. The molecule has 0 spiro atoms. The largest absolute Gasteiger partial charge is 0.354 e. The Labute approximate surface area is 183 Å². The number of pyridine rings is 1. The number of anilines is 1. The molecule has 0 aliphatic carbocycles. The van der Waals surface area contributed by atoms with Crippen molar-refractivity contribution in [3.63, 3.8) is 0 Å². The van der Waals surface area contributed by atoms with E-state index in [0.717, 1.165) is 54.3 Å². The van der Waals surface area contributed by atoms with Crippen molar-refractivity contribution in [1.29, 1.82) is 0 Å². The van der Waals surface area contributed by atoms with Crippen molar-refractivity contribution in [3.05, 3.63) is 53.3 Å². The van der Waals surface area contributed by atoms with E-state index in [2.05, 4.69) is 39.3 Å². The normalized spacial score (nSPS) is 19.1. The molecule has 2 fully saturated rings. The SMILES string of the molecule is CN1CCN(c2ccc(-n3cnc4ccc(C=C5SC(=S)NC5=O)cc43)cn2)CC1. The van der Waals surface area contributed by atoms with Gasteiger partial charge in [-0.2, -0.15) is 0 Å². The Kier molecular flexibility index (Phi) is 5.01. The van der Waals surface area contributed by atoms with Gasteiger partial charge in [0.05, 0.1) is 27.8 Å². The molecule has 1 amide bonds. The fourth-order valence-corrected chi connectivity index (χ4v) is 4.68. The highest BCUT2D eigenvalue weighted by Gasteiger charge is 2.22. The van der Waals surface area contributed by atoms with Crippen LogP contribution >= 0.6 is 24.0 Å². The first-order chi connectivity index (χ1) is 14.6. The van der Waals surface area contributed by atoms with Crippen molar-refractivity contribution in [2.45, 2.75) is 0 Å². The molecule has 2 aliphatic rings. The predicted molar refractivity (Wildman–Crippen MR) is 125 cm³/mol. The fraction of sp³-hybridized carbons (Fsp3) is 0.238. The van der Waals surface area contributed by atoms with Crippen molar-refractivity contribution < 1.29 is 4.79 Å². The molecule has 0 radical (unpaired) electrons. The molecule has 4 heterocycles. The molecule has 7 nitrogen and oxygen atoms in total. The maximum atomic E-state index is 12.0. The standard InChI is InChI=1S/C21H20N6OS2/c1-25-6-8-26(9-7-25)19-5-3-15(12-22-19)27-13-23-16-4-2-14(10-17(16)27)11-18-20(28)24-21(29)30-18/h2-5,10-13H,6-9H2,1H3,(H,24,28,29). The monoisotopic (exact) mass is 436 g/mol. The summed E-state index contributed by atoms with van der Waals surface area (Å²) in [6.07, 6.45) is 5.55. The van der Waals surface area contributed by atoms with Gasteiger partial charge in [-0.05, 0) is 43.0 Å². The summed E-state index contributed by atoms with van der Waals surface area (Å²) in [4.78, 5) is 26.4. The lowest BCUT2D eigenvalue weighted by Crippen LogP contribution is -2.44. The molecule has 3 aromatic rings. The zero-order valence-corrected chi connectivity index (χ0v) is 18.0. The molecule has 9 heteroatoms. The Hall–Kier alpha value is -2.75. The lowest BCUT2D eigenvalue weighted by Gasteiger charge is -2.33. The first-order valence-corrected chi connectivity index (χ1v) is 10.9. The number of aromatic nitrogens is 3. The van der Waals surface area contributed by atoms with Gasteiger partial charge in [-0.1, -0.05) is 30.0 Å². The smallest absolute Gasteiger partial charge is 0.263 e. The first-order valence-electron chi connectivity index (χ1n) is 9.69. The van der Waals surface area contributed by atoms with Gasteiger partial charge in [-0.15, -0.1) is 0 Å². The minimum atomic E-state index is -0.151. The van der Waals surface area contributed by atoms with E-state index in [4.69, 9.17) is 17.2 Å². The summed E-state index contributed by atoms with van der Waals surface area (Å²) in [7, 11) is 2.15. The van der Waals surface area contributed by atoms with E-state index < -0.39 is 0 Å². The number of carbonyl (C=O) groups is 1. The van der Waals surface area contributed by atoms with Gasteiger partial charge < -0.3 is 15.1 Å².